The second-order valence-corrected chi connectivity index (χ2v) is 5.67. The van der Waals surface area contributed by atoms with Crippen molar-refractivity contribution in [1.82, 2.24) is 9.97 Å². The van der Waals surface area contributed by atoms with E-state index in [0.717, 1.165) is 20.8 Å². The van der Waals surface area contributed by atoms with Crippen molar-refractivity contribution in [2.45, 2.75) is 26.7 Å². The summed E-state index contributed by atoms with van der Waals surface area (Å²) in [5.41, 5.74) is 0.925. The molecular formula is C14H15IN2O. The van der Waals surface area contributed by atoms with Gasteiger partial charge in [0, 0.05) is 21.2 Å². The molecule has 1 aromatic carbocycles. The zero-order chi connectivity index (χ0) is 13.1. The van der Waals surface area contributed by atoms with Crippen LogP contribution in [0.2, 0.25) is 0 Å². The third-order valence-electron chi connectivity index (χ3n) is 2.38. The number of hydrogen-bond acceptors (Lipinski definition) is 3. The van der Waals surface area contributed by atoms with Crippen LogP contribution in [0, 0.1) is 10.5 Å². The molecule has 18 heavy (non-hydrogen) atoms. The summed E-state index contributed by atoms with van der Waals surface area (Å²) in [4.78, 5) is 8.82. The fourth-order valence-corrected chi connectivity index (χ4v) is 2.04. The lowest BCUT2D eigenvalue weighted by Crippen LogP contribution is -2.01. The predicted molar refractivity (Wildman–Crippen MR) is 80.1 cm³/mol. The van der Waals surface area contributed by atoms with Gasteiger partial charge in [0.2, 0.25) is 5.88 Å². The summed E-state index contributed by atoms with van der Waals surface area (Å²) in [5, 5.41) is 0. The molecule has 3 nitrogen and oxygen atoms in total. The lowest BCUT2D eigenvalue weighted by molar-refractivity contribution is 0.455. The van der Waals surface area contributed by atoms with E-state index in [2.05, 4.69) is 46.4 Å². The molecule has 94 valence electrons. The highest BCUT2D eigenvalue weighted by molar-refractivity contribution is 14.1. The second-order valence-electron chi connectivity index (χ2n) is 4.42. The Labute approximate surface area is 121 Å². The molecule has 0 atom stereocenters. The van der Waals surface area contributed by atoms with E-state index in [0.29, 0.717) is 11.8 Å². The number of ether oxygens (including phenoxy) is 1. The molecule has 0 saturated heterocycles. The maximum atomic E-state index is 5.77. The molecule has 0 amide bonds. The first-order valence-corrected chi connectivity index (χ1v) is 6.91. The van der Waals surface area contributed by atoms with Gasteiger partial charge in [0.1, 0.15) is 11.6 Å². The first-order valence-electron chi connectivity index (χ1n) is 5.83. The Morgan fingerprint density at radius 3 is 2.61 bits per heavy atom. The number of rotatable bonds is 3. The van der Waals surface area contributed by atoms with Gasteiger partial charge in [-0.15, -0.1) is 0 Å². The molecule has 4 heteroatoms. The van der Waals surface area contributed by atoms with Gasteiger partial charge in [0.05, 0.1) is 0 Å². The molecule has 0 fully saturated rings. The van der Waals surface area contributed by atoms with Crippen molar-refractivity contribution in [3.05, 3.63) is 45.4 Å². The number of halogens is 1. The largest absolute Gasteiger partial charge is 0.439 e. The Morgan fingerprint density at radius 1 is 1.17 bits per heavy atom. The predicted octanol–water partition coefficient (Wildman–Crippen LogP) is 4.31. The Balaban J connectivity index is 2.29. The average Bonchev–Trinajstić information content (AvgIpc) is 2.28. The number of aromatic nitrogens is 2. The molecule has 2 aromatic rings. The van der Waals surface area contributed by atoms with E-state index < -0.39 is 0 Å². The minimum Gasteiger partial charge on any atom is -0.439 e. The lowest BCUT2D eigenvalue weighted by Gasteiger charge is -2.09. The minimum absolute atomic E-state index is 0.295. The summed E-state index contributed by atoms with van der Waals surface area (Å²) in [6.45, 7) is 6.10. The molecule has 1 aromatic heterocycles. The molecule has 0 radical (unpaired) electrons. The van der Waals surface area contributed by atoms with Gasteiger partial charge in [-0.2, -0.15) is 4.98 Å². The average molecular weight is 354 g/mol. The van der Waals surface area contributed by atoms with Gasteiger partial charge in [0.15, 0.2) is 0 Å². The number of aryl methyl sites for hydroxylation is 1. The molecular weight excluding hydrogens is 339 g/mol. The molecule has 0 saturated carbocycles. The van der Waals surface area contributed by atoms with Gasteiger partial charge >= 0.3 is 0 Å². The zero-order valence-corrected chi connectivity index (χ0v) is 12.8. The smallest absolute Gasteiger partial charge is 0.222 e. The van der Waals surface area contributed by atoms with Gasteiger partial charge in [-0.25, -0.2) is 4.98 Å². The molecule has 0 unspecified atom stereocenters. The van der Waals surface area contributed by atoms with Crippen LogP contribution >= 0.6 is 22.6 Å². The van der Waals surface area contributed by atoms with E-state index in [-0.39, 0.29) is 0 Å². The van der Waals surface area contributed by atoms with E-state index in [1.165, 1.54) is 0 Å². The van der Waals surface area contributed by atoms with Gasteiger partial charge in [-0.05, 0) is 47.7 Å². The fraction of sp³-hybridized carbons (Fsp3) is 0.286. The van der Waals surface area contributed by atoms with Crippen LogP contribution in [-0.4, -0.2) is 9.97 Å². The van der Waals surface area contributed by atoms with Crippen LogP contribution in [0.5, 0.6) is 11.6 Å². The normalized spacial score (nSPS) is 10.7. The highest BCUT2D eigenvalue weighted by Gasteiger charge is 2.07. The SMILES string of the molecule is Cc1cc(Oc2cccc(I)c2)nc(C(C)C)n1. The minimum atomic E-state index is 0.295. The third kappa shape index (κ3) is 3.41. The van der Waals surface area contributed by atoms with E-state index in [1.807, 2.05) is 37.3 Å². The van der Waals surface area contributed by atoms with Gasteiger partial charge < -0.3 is 4.74 Å². The van der Waals surface area contributed by atoms with Crippen molar-refractivity contribution in [3.8, 4) is 11.6 Å². The van der Waals surface area contributed by atoms with Crippen LogP contribution in [0.3, 0.4) is 0 Å². The van der Waals surface area contributed by atoms with Crippen molar-refractivity contribution in [2.75, 3.05) is 0 Å². The fourth-order valence-electron chi connectivity index (χ4n) is 1.52. The van der Waals surface area contributed by atoms with Crippen LogP contribution in [-0.2, 0) is 0 Å². The van der Waals surface area contributed by atoms with Gasteiger partial charge in [-0.1, -0.05) is 19.9 Å². The third-order valence-corrected chi connectivity index (χ3v) is 3.05. The summed E-state index contributed by atoms with van der Waals surface area (Å²) in [5.74, 6) is 2.52. The van der Waals surface area contributed by atoms with E-state index in [9.17, 15) is 0 Å². The van der Waals surface area contributed by atoms with Gasteiger partial charge in [-0.3, -0.25) is 0 Å². The van der Waals surface area contributed by atoms with Crippen molar-refractivity contribution in [2.24, 2.45) is 0 Å². The van der Waals surface area contributed by atoms with E-state index >= 15 is 0 Å². The Bertz CT molecular complexity index is 555. The van der Waals surface area contributed by atoms with Crippen LogP contribution in [0.15, 0.2) is 30.3 Å². The molecule has 0 aliphatic rings. The number of benzene rings is 1. The van der Waals surface area contributed by atoms with Crippen LogP contribution < -0.4 is 4.74 Å². The van der Waals surface area contributed by atoms with Crippen LogP contribution in [0.1, 0.15) is 31.3 Å². The highest BCUT2D eigenvalue weighted by atomic mass is 127. The quantitative estimate of drug-likeness (QED) is 0.771. The second kappa shape index (κ2) is 5.65. The van der Waals surface area contributed by atoms with Crippen LogP contribution in [0.25, 0.3) is 0 Å². The zero-order valence-electron chi connectivity index (χ0n) is 10.6. The summed E-state index contributed by atoms with van der Waals surface area (Å²) < 4.78 is 6.91. The first-order chi connectivity index (χ1) is 8.54. The summed E-state index contributed by atoms with van der Waals surface area (Å²) in [6.07, 6.45) is 0. The molecule has 2 rings (SSSR count). The Kier molecular flexibility index (Phi) is 4.16. The van der Waals surface area contributed by atoms with Crippen molar-refractivity contribution in [1.29, 1.82) is 0 Å². The molecule has 0 bridgehead atoms. The maximum absolute atomic E-state index is 5.77. The summed E-state index contributed by atoms with van der Waals surface area (Å²) in [6, 6.07) is 9.75. The number of hydrogen-bond donors (Lipinski definition) is 0. The van der Waals surface area contributed by atoms with E-state index in [1.54, 1.807) is 0 Å². The highest BCUT2D eigenvalue weighted by Crippen LogP contribution is 2.23. The molecule has 0 aliphatic carbocycles. The van der Waals surface area contributed by atoms with Crippen molar-refractivity contribution >= 4 is 22.6 Å². The Morgan fingerprint density at radius 2 is 1.94 bits per heavy atom. The maximum Gasteiger partial charge on any atom is 0.222 e. The summed E-state index contributed by atoms with van der Waals surface area (Å²) in [7, 11) is 0. The standard InChI is InChI=1S/C14H15IN2O/c1-9(2)14-16-10(3)7-13(17-14)18-12-6-4-5-11(15)8-12/h4-9H,1-3H3. The van der Waals surface area contributed by atoms with E-state index in [4.69, 9.17) is 4.74 Å². The first kappa shape index (κ1) is 13.3. The van der Waals surface area contributed by atoms with Gasteiger partial charge in [0.25, 0.3) is 0 Å². The van der Waals surface area contributed by atoms with Crippen molar-refractivity contribution < 1.29 is 4.74 Å². The lowest BCUT2D eigenvalue weighted by atomic mass is 10.2. The monoisotopic (exact) mass is 354 g/mol. The Hall–Kier alpha value is -1.17. The molecule has 1 heterocycles. The number of nitrogens with zero attached hydrogens (tertiary/aromatic N) is 2. The molecule has 0 spiro atoms. The van der Waals surface area contributed by atoms with Crippen molar-refractivity contribution in [3.63, 3.8) is 0 Å². The topological polar surface area (TPSA) is 35.0 Å². The summed E-state index contributed by atoms with van der Waals surface area (Å²) >= 11 is 2.26. The van der Waals surface area contributed by atoms with Crippen LogP contribution in [0.4, 0.5) is 0 Å². The molecule has 0 N–H and O–H groups in total. The molecule has 0 aliphatic heterocycles.